The lowest BCUT2D eigenvalue weighted by Crippen LogP contribution is -2.41. The first-order valence-electron chi connectivity index (χ1n) is 5.93. The van der Waals surface area contributed by atoms with Crippen LogP contribution in [0.15, 0.2) is 0 Å². The zero-order valence-electron chi connectivity index (χ0n) is 11.8. The number of hydrogen-bond acceptors (Lipinski definition) is 4. The molecule has 0 bridgehead atoms. The summed E-state index contributed by atoms with van der Waals surface area (Å²) in [6, 6.07) is -0.757. The first-order valence-corrected chi connectivity index (χ1v) is 5.93. The smallest absolute Gasteiger partial charge is 0.407 e. The fourth-order valence-electron chi connectivity index (χ4n) is 1.12. The van der Waals surface area contributed by atoms with Gasteiger partial charge in [-0.2, -0.15) is 0 Å². The van der Waals surface area contributed by atoms with Gasteiger partial charge in [0.15, 0.2) is 0 Å². The number of alkyl carbamates (subject to hydrolysis) is 1. The third kappa shape index (κ3) is 8.70. The molecule has 0 aromatic heterocycles. The molecular weight excluding hydrogens is 244 g/mol. The second kappa shape index (κ2) is 8.18. The molecule has 19 heavy (non-hydrogen) atoms. The Kier molecular flexibility index (Phi) is 7.33. The summed E-state index contributed by atoms with van der Waals surface area (Å²) in [7, 11) is 0. The predicted octanol–water partition coefficient (Wildman–Crippen LogP) is 0.695. The summed E-state index contributed by atoms with van der Waals surface area (Å²) < 4.78 is 5.05. The van der Waals surface area contributed by atoms with Gasteiger partial charge in [0, 0.05) is 13.1 Å². The summed E-state index contributed by atoms with van der Waals surface area (Å²) in [6.07, 6.45) is 4.71. The van der Waals surface area contributed by atoms with E-state index in [0.717, 1.165) is 0 Å². The van der Waals surface area contributed by atoms with Gasteiger partial charge in [0.25, 0.3) is 0 Å². The van der Waals surface area contributed by atoms with Crippen LogP contribution in [0.2, 0.25) is 0 Å². The van der Waals surface area contributed by atoms with Crippen molar-refractivity contribution in [3.8, 4) is 24.2 Å². The van der Waals surface area contributed by atoms with Crippen molar-refractivity contribution in [1.82, 2.24) is 10.6 Å². The third-order valence-electron chi connectivity index (χ3n) is 1.82. The van der Waals surface area contributed by atoms with Crippen LogP contribution in [0.3, 0.4) is 0 Å². The van der Waals surface area contributed by atoms with Crippen LogP contribution in [-0.4, -0.2) is 36.6 Å². The van der Waals surface area contributed by atoms with E-state index in [9.17, 15) is 9.59 Å². The summed E-state index contributed by atoms with van der Waals surface area (Å²) >= 11 is 0. The molecular formula is C14H20N2O3. The van der Waals surface area contributed by atoms with Gasteiger partial charge in [-0.25, -0.2) is 4.79 Å². The summed E-state index contributed by atoms with van der Waals surface area (Å²) in [5.74, 6) is 6.81. The van der Waals surface area contributed by atoms with Crippen molar-refractivity contribution in [2.24, 2.45) is 0 Å². The Morgan fingerprint density at radius 3 is 2.42 bits per heavy atom. The van der Waals surface area contributed by atoms with E-state index in [1.54, 1.807) is 27.7 Å². The largest absolute Gasteiger partial charge is 0.444 e. The maximum absolute atomic E-state index is 11.4. The van der Waals surface area contributed by atoms with E-state index in [0.29, 0.717) is 13.1 Å². The fourth-order valence-corrected chi connectivity index (χ4v) is 1.12. The molecule has 0 aromatic rings. The second-order valence-electron chi connectivity index (χ2n) is 4.72. The third-order valence-corrected chi connectivity index (χ3v) is 1.82. The molecule has 1 amide bonds. The van der Waals surface area contributed by atoms with Crippen molar-refractivity contribution >= 4 is 11.9 Å². The molecule has 0 aromatic carbocycles. The molecule has 0 spiro atoms. The van der Waals surface area contributed by atoms with Crippen molar-refractivity contribution in [3.63, 3.8) is 0 Å². The first kappa shape index (κ1) is 17.0. The Morgan fingerprint density at radius 1 is 1.32 bits per heavy atom. The Labute approximate surface area is 114 Å². The highest BCUT2D eigenvalue weighted by Gasteiger charge is 2.16. The fraction of sp³-hybridized carbons (Fsp3) is 0.571. The molecule has 1 unspecified atom stereocenters. The van der Waals surface area contributed by atoms with Crippen LogP contribution in [0.1, 0.15) is 27.7 Å². The minimum Gasteiger partial charge on any atom is -0.444 e. The van der Waals surface area contributed by atoms with Crippen LogP contribution in [0.5, 0.6) is 0 Å². The van der Waals surface area contributed by atoms with E-state index in [2.05, 4.69) is 28.4 Å². The summed E-state index contributed by atoms with van der Waals surface area (Å²) in [4.78, 5) is 22.7. The number of hydrogen-bond donors (Lipinski definition) is 2. The topological polar surface area (TPSA) is 67.4 Å². The molecule has 2 N–H and O–H groups in total. The van der Waals surface area contributed by atoms with Gasteiger partial charge in [0.1, 0.15) is 11.6 Å². The highest BCUT2D eigenvalue weighted by Crippen LogP contribution is 2.05. The predicted molar refractivity (Wildman–Crippen MR) is 73.3 cm³/mol. The molecule has 0 aliphatic heterocycles. The molecule has 104 valence electrons. The van der Waals surface area contributed by atoms with Crippen LogP contribution in [-0.2, 0) is 9.53 Å². The molecule has 0 fully saturated rings. The lowest BCUT2D eigenvalue weighted by molar-refractivity contribution is -0.114. The van der Waals surface area contributed by atoms with Gasteiger partial charge in [-0.1, -0.05) is 11.8 Å². The number of carbonyl (C=O) groups is 2. The Hall–Kier alpha value is -1.98. The number of rotatable bonds is 5. The number of ketones is 1. The van der Waals surface area contributed by atoms with E-state index in [1.165, 1.54) is 0 Å². The highest BCUT2D eigenvalue weighted by atomic mass is 16.6. The molecule has 1 atom stereocenters. The summed E-state index contributed by atoms with van der Waals surface area (Å²) in [5.41, 5.74) is -0.536. The molecule has 5 heteroatoms. The molecule has 0 aliphatic carbocycles. The van der Waals surface area contributed by atoms with E-state index in [4.69, 9.17) is 11.2 Å². The van der Waals surface area contributed by atoms with E-state index < -0.39 is 17.7 Å². The summed E-state index contributed by atoms with van der Waals surface area (Å²) in [6.45, 7) is 7.56. The first-order chi connectivity index (χ1) is 8.80. The number of Topliss-reactive ketones (excluding diaryl/α,β-unsaturated/α-hetero) is 1. The number of nitrogens with one attached hydrogen (secondary N) is 2. The van der Waals surface area contributed by atoms with Crippen LogP contribution < -0.4 is 10.6 Å². The van der Waals surface area contributed by atoms with Crippen LogP contribution in [0.25, 0.3) is 0 Å². The number of amides is 1. The van der Waals surface area contributed by atoms with Crippen molar-refractivity contribution < 1.29 is 14.3 Å². The van der Waals surface area contributed by atoms with Gasteiger partial charge in [-0.3, -0.25) is 10.1 Å². The maximum atomic E-state index is 11.4. The lowest BCUT2D eigenvalue weighted by Gasteiger charge is -2.19. The zero-order valence-corrected chi connectivity index (χ0v) is 11.8. The van der Waals surface area contributed by atoms with Crippen LogP contribution in [0.4, 0.5) is 4.79 Å². The second-order valence-corrected chi connectivity index (χ2v) is 4.72. The maximum Gasteiger partial charge on any atom is 0.407 e. The normalized spacial score (nSPS) is 11.5. The van der Waals surface area contributed by atoms with Crippen molar-refractivity contribution in [3.05, 3.63) is 0 Å². The SMILES string of the molecule is C#CC(NCCNC(=O)OC(C)(C)C)C(=O)C#CC. The molecule has 0 heterocycles. The standard InChI is InChI=1S/C14H20N2O3/c1-6-8-12(17)11(7-2)15-9-10-16-13(18)19-14(3,4)5/h2,11,15H,9-10H2,1,3-5H3,(H,16,18). The van der Waals surface area contributed by atoms with Gasteiger partial charge in [-0.05, 0) is 33.6 Å². The van der Waals surface area contributed by atoms with Crippen LogP contribution >= 0.6 is 0 Å². The van der Waals surface area contributed by atoms with Gasteiger partial charge in [-0.15, -0.1) is 6.42 Å². The molecule has 0 saturated heterocycles. The number of carbonyl (C=O) groups excluding carboxylic acids is 2. The van der Waals surface area contributed by atoms with Gasteiger partial charge < -0.3 is 10.1 Å². The molecule has 0 saturated carbocycles. The van der Waals surface area contributed by atoms with E-state index in [-0.39, 0.29) is 5.78 Å². The Bertz CT molecular complexity index is 419. The molecule has 0 radical (unpaired) electrons. The quantitative estimate of drug-likeness (QED) is 0.436. The van der Waals surface area contributed by atoms with Gasteiger partial charge in [0.05, 0.1) is 0 Å². The monoisotopic (exact) mass is 264 g/mol. The highest BCUT2D eigenvalue weighted by molar-refractivity contribution is 6.01. The molecule has 0 rings (SSSR count). The van der Waals surface area contributed by atoms with Crippen LogP contribution in [0, 0.1) is 24.2 Å². The van der Waals surface area contributed by atoms with Gasteiger partial charge in [0.2, 0.25) is 5.78 Å². The zero-order chi connectivity index (χ0) is 14.9. The van der Waals surface area contributed by atoms with Crippen molar-refractivity contribution in [1.29, 1.82) is 0 Å². The number of ether oxygens (including phenoxy) is 1. The lowest BCUT2D eigenvalue weighted by atomic mass is 10.2. The van der Waals surface area contributed by atoms with Crippen molar-refractivity contribution in [2.75, 3.05) is 13.1 Å². The molecule has 5 nitrogen and oxygen atoms in total. The van der Waals surface area contributed by atoms with E-state index in [1.807, 2.05) is 0 Å². The number of terminal acetylenes is 1. The van der Waals surface area contributed by atoms with E-state index >= 15 is 0 Å². The molecule has 0 aliphatic rings. The Morgan fingerprint density at radius 2 is 1.95 bits per heavy atom. The minimum atomic E-state index is -0.757. The van der Waals surface area contributed by atoms with Crippen molar-refractivity contribution in [2.45, 2.75) is 39.3 Å². The summed E-state index contributed by atoms with van der Waals surface area (Å²) in [5, 5.41) is 5.36. The average molecular weight is 264 g/mol. The average Bonchev–Trinajstić information content (AvgIpc) is 2.27. The Balaban J connectivity index is 3.96. The van der Waals surface area contributed by atoms with Gasteiger partial charge >= 0.3 is 6.09 Å². The minimum absolute atomic E-state index is 0.305.